The third kappa shape index (κ3) is 2.79. The summed E-state index contributed by atoms with van der Waals surface area (Å²) in [5.74, 6) is -4.01. The quantitative estimate of drug-likeness (QED) is 0.527. The zero-order chi connectivity index (χ0) is 17.0. The maximum absolute atomic E-state index is 14.0. The van der Waals surface area contributed by atoms with Crippen molar-refractivity contribution in [2.45, 2.75) is 81.7 Å². The first-order valence-electron chi connectivity index (χ1n) is 7.32. The molecule has 0 nitrogen and oxygen atoms in total. The van der Waals surface area contributed by atoms with Crippen molar-refractivity contribution in [1.29, 1.82) is 0 Å². The Morgan fingerprint density at radius 1 is 0.500 bits per heavy atom. The van der Waals surface area contributed by atoms with E-state index in [0.717, 1.165) is 0 Å². The molecule has 122 valence electrons. The van der Waals surface area contributed by atoms with E-state index in [-0.39, 0.29) is 3.91 Å². The summed E-state index contributed by atoms with van der Waals surface area (Å²) in [4.78, 5) is 0. The van der Waals surface area contributed by atoms with Gasteiger partial charge in [-0.25, -0.2) is 0 Å². The van der Waals surface area contributed by atoms with Crippen LogP contribution in [0.4, 0.5) is 13.2 Å². The van der Waals surface area contributed by atoms with Gasteiger partial charge in [-0.05, 0) is 3.91 Å². The van der Waals surface area contributed by atoms with Gasteiger partial charge in [0.2, 0.25) is 0 Å². The zero-order valence-electron chi connectivity index (χ0n) is 15.1. The lowest BCUT2D eigenvalue weighted by Crippen LogP contribution is -2.79. The molecular formula is C13H33F3Si4. The van der Waals surface area contributed by atoms with Crippen molar-refractivity contribution in [2.24, 2.45) is 0 Å². The standard InChI is InChI=1S/C13H33F3Si4/c1-17(2,3)13(18(4,5)6,19(7,8)9)20(10,11)12(14,15)16/h1-11H3. The minimum absolute atomic E-state index is 0.377. The van der Waals surface area contributed by atoms with Gasteiger partial charge < -0.3 is 0 Å². The monoisotopic (exact) mass is 358 g/mol. The molecule has 0 amide bonds. The summed E-state index contributed by atoms with van der Waals surface area (Å²) < 4.78 is 41.8. The average molecular weight is 359 g/mol. The summed E-state index contributed by atoms with van der Waals surface area (Å²) in [6, 6.07) is 0. The van der Waals surface area contributed by atoms with Crippen LogP contribution in [0.2, 0.25) is 75.9 Å². The van der Waals surface area contributed by atoms with Gasteiger partial charge in [-0.15, -0.1) is 0 Å². The topological polar surface area (TPSA) is 0 Å². The highest BCUT2D eigenvalue weighted by molar-refractivity contribution is 7.29. The number of halogens is 3. The molecule has 0 aromatic heterocycles. The van der Waals surface area contributed by atoms with E-state index >= 15 is 0 Å². The first-order valence-corrected chi connectivity index (χ1v) is 20.8. The predicted molar refractivity (Wildman–Crippen MR) is 96.3 cm³/mol. The minimum atomic E-state index is -4.01. The van der Waals surface area contributed by atoms with Gasteiger partial charge in [0.15, 0.2) is 8.07 Å². The van der Waals surface area contributed by atoms with E-state index in [1.807, 2.05) is 0 Å². The first-order chi connectivity index (χ1) is 8.25. The Labute approximate surface area is 127 Å². The summed E-state index contributed by atoms with van der Waals surface area (Å²) in [5.41, 5.74) is 0. The van der Waals surface area contributed by atoms with E-state index in [1.165, 1.54) is 0 Å². The van der Waals surface area contributed by atoms with E-state index in [4.69, 9.17) is 0 Å². The van der Waals surface area contributed by atoms with Crippen LogP contribution < -0.4 is 0 Å². The molecule has 0 bridgehead atoms. The highest BCUT2D eigenvalue weighted by Crippen LogP contribution is 2.63. The normalized spacial score (nSPS) is 16.5. The summed E-state index contributed by atoms with van der Waals surface area (Å²) in [6.07, 6.45) is 0. The van der Waals surface area contributed by atoms with Gasteiger partial charge in [0.1, 0.15) is 0 Å². The van der Waals surface area contributed by atoms with Crippen LogP contribution >= 0.6 is 0 Å². The third-order valence-electron chi connectivity index (χ3n) is 5.02. The van der Waals surface area contributed by atoms with Crippen LogP contribution in [0.15, 0.2) is 0 Å². The Balaban J connectivity index is 6.83. The van der Waals surface area contributed by atoms with Gasteiger partial charge in [-0.2, -0.15) is 13.2 Å². The van der Waals surface area contributed by atoms with Crippen LogP contribution in [0.25, 0.3) is 0 Å². The number of rotatable bonds is 4. The first kappa shape index (κ1) is 20.7. The van der Waals surface area contributed by atoms with Gasteiger partial charge in [-0.1, -0.05) is 72.0 Å². The maximum atomic E-state index is 14.0. The summed E-state index contributed by atoms with van der Waals surface area (Å²) in [5, 5.41) is 0. The molecule has 0 unspecified atom stereocenters. The van der Waals surface area contributed by atoms with E-state index in [0.29, 0.717) is 0 Å². The number of alkyl halides is 3. The van der Waals surface area contributed by atoms with Gasteiger partial charge in [0, 0.05) is 24.2 Å². The van der Waals surface area contributed by atoms with Crippen LogP contribution in [-0.4, -0.2) is 38.1 Å². The Morgan fingerprint density at radius 3 is 0.750 bits per heavy atom. The third-order valence-corrected chi connectivity index (χ3v) is 40.9. The largest absolute Gasteiger partial charge is 0.360 e. The molecule has 0 fully saturated rings. The molecule has 0 N–H and O–H groups in total. The van der Waals surface area contributed by atoms with Crippen LogP contribution in [0, 0.1) is 0 Å². The molecule has 0 saturated carbocycles. The highest BCUT2D eigenvalue weighted by Gasteiger charge is 2.74. The van der Waals surface area contributed by atoms with E-state index in [2.05, 4.69) is 58.9 Å². The van der Waals surface area contributed by atoms with E-state index < -0.39 is 38.1 Å². The van der Waals surface area contributed by atoms with Crippen molar-refractivity contribution in [3.05, 3.63) is 0 Å². The van der Waals surface area contributed by atoms with Crippen LogP contribution in [0.5, 0.6) is 0 Å². The summed E-state index contributed by atoms with van der Waals surface area (Å²) in [7, 11) is -9.37. The highest BCUT2D eigenvalue weighted by atomic mass is 28.5. The van der Waals surface area contributed by atoms with Gasteiger partial charge in [-0.3, -0.25) is 0 Å². The van der Waals surface area contributed by atoms with Crippen molar-refractivity contribution < 1.29 is 13.2 Å². The fraction of sp³-hybridized carbons (Fsp3) is 1.00. The summed E-state index contributed by atoms with van der Waals surface area (Å²) in [6.45, 7) is 22.9. The molecule has 0 rings (SSSR count). The van der Waals surface area contributed by atoms with Gasteiger partial charge >= 0.3 is 5.80 Å². The zero-order valence-corrected chi connectivity index (χ0v) is 19.1. The molecule has 0 aliphatic rings. The van der Waals surface area contributed by atoms with Gasteiger partial charge in [0.05, 0.1) is 0 Å². The number of hydrogen-bond donors (Lipinski definition) is 0. The SMILES string of the molecule is C[Si](C)(C)C([Si](C)(C)C)([Si](C)(C)C)[Si](C)(C)C(F)(F)F. The second-order valence-electron chi connectivity index (χ2n) is 9.62. The molecule has 0 aromatic rings. The van der Waals surface area contributed by atoms with Crippen molar-refractivity contribution in [3.63, 3.8) is 0 Å². The van der Waals surface area contributed by atoms with Crippen LogP contribution in [-0.2, 0) is 0 Å². The molecule has 0 radical (unpaired) electrons. The van der Waals surface area contributed by atoms with E-state index in [1.54, 1.807) is 13.1 Å². The lowest BCUT2D eigenvalue weighted by molar-refractivity contribution is -0.0568. The van der Waals surface area contributed by atoms with Crippen LogP contribution in [0.3, 0.4) is 0 Å². The smallest absolute Gasteiger partial charge is 0.177 e. The Morgan fingerprint density at radius 2 is 0.700 bits per heavy atom. The average Bonchev–Trinajstić information content (AvgIpc) is 1.89. The van der Waals surface area contributed by atoms with Crippen molar-refractivity contribution in [1.82, 2.24) is 0 Å². The fourth-order valence-corrected chi connectivity index (χ4v) is 57.6. The Hall–Kier alpha value is 0.658. The lowest BCUT2D eigenvalue weighted by Gasteiger charge is -2.65. The molecule has 0 spiro atoms. The molecule has 0 aromatic carbocycles. The maximum Gasteiger partial charge on any atom is 0.360 e. The molecular weight excluding hydrogens is 325 g/mol. The van der Waals surface area contributed by atoms with Gasteiger partial charge in [0.25, 0.3) is 0 Å². The second kappa shape index (κ2) is 5.09. The molecule has 0 saturated heterocycles. The van der Waals surface area contributed by atoms with Crippen molar-refractivity contribution in [2.75, 3.05) is 0 Å². The Kier molecular flexibility index (Phi) is 5.26. The minimum Gasteiger partial charge on any atom is -0.177 e. The second-order valence-corrected chi connectivity index (χ2v) is 32.9. The molecule has 20 heavy (non-hydrogen) atoms. The van der Waals surface area contributed by atoms with E-state index in [9.17, 15) is 13.2 Å². The molecule has 0 aliphatic heterocycles. The fourth-order valence-electron chi connectivity index (χ4n) is 6.40. The van der Waals surface area contributed by atoms with Crippen molar-refractivity contribution in [3.8, 4) is 0 Å². The number of hydrogen-bond acceptors (Lipinski definition) is 0. The molecule has 0 atom stereocenters. The lowest BCUT2D eigenvalue weighted by atomic mass is 11.5. The van der Waals surface area contributed by atoms with Crippen molar-refractivity contribution >= 4 is 32.3 Å². The van der Waals surface area contributed by atoms with Crippen LogP contribution in [0.1, 0.15) is 0 Å². The predicted octanol–water partition coefficient (Wildman–Crippen LogP) is 6.17. The molecule has 7 heteroatoms. The summed E-state index contributed by atoms with van der Waals surface area (Å²) >= 11 is 0. The molecule has 0 heterocycles. The Bertz CT molecular complexity index is 318. The molecule has 0 aliphatic carbocycles.